The van der Waals surface area contributed by atoms with Crippen molar-refractivity contribution in [3.63, 3.8) is 0 Å². The highest BCUT2D eigenvalue weighted by atomic mass is 16.1. The van der Waals surface area contributed by atoms with E-state index in [1.54, 1.807) is 0 Å². The minimum absolute atomic E-state index is 0.0433. The predicted octanol–water partition coefficient (Wildman–Crippen LogP) is 2.50. The van der Waals surface area contributed by atoms with Gasteiger partial charge in [-0.2, -0.15) is 0 Å². The molecule has 2 heteroatoms. The van der Waals surface area contributed by atoms with Crippen LogP contribution < -0.4 is 5.73 Å². The predicted molar refractivity (Wildman–Crippen MR) is 65.2 cm³/mol. The Morgan fingerprint density at radius 3 is 2.38 bits per heavy atom. The van der Waals surface area contributed by atoms with Gasteiger partial charge in [0, 0.05) is 0 Å². The maximum Gasteiger partial charge on any atom is 0.228 e. The van der Waals surface area contributed by atoms with E-state index in [1.807, 2.05) is 19.1 Å². The Balaban J connectivity index is 2.68. The summed E-state index contributed by atoms with van der Waals surface area (Å²) in [6.45, 7) is 6.42. The zero-order valence-corrected chi connectivity index (χ0v) is 10.2. The van der Waals surface area contributed by atoms with Crippen LogP contribution in [0.4, 0.5) is 0 Å². The van der Waals surface area contributed by atoms with Crippen molar-refractivity contribution in [2.75, 3.05) is 0 Å². The standard InChI is InChI=1S/C14H19NO/c1-4-14(12(15)16)9-13(2,3)10-7-5-6-8-11(10)14/h5-8H,4,9H2,1-3H3,(H2,15,16)/t14-/m0/s1. The highest BCUT2D eigenvalue weighted by molar-refractivity contribution is 5.88. The summed E-state index contributed by atoms with van der Waals surface area (Å²) in [5, 5.41) is 0. The van der Waals surface area contributed by atoms with Crippen molar-refractivity contribution in [1.29, 1.82) is 0 Å². The van der Waals surface area contributed by atoms with Gasteiger partial charge in [-0.05, 0) is 29.4 Å². The summed E-state index contributed by atoms with van der Waals surface area (Å²) in [5.74, 6) is -0.187. The van der Waals surface area contributed by atoms with Crippen molar-refractivity contribution in [2.45, 2.75) is 44.4 Å². The first kappa shape index (κ1) is 11.2. The Kier molecular flexibility index (Phi) is 2.33. The number of nitrogens with two attached hydrogens (primary N) is 1. The van der Waals surface area contributed by atoms with Gasteiger partial charge >= 0.3 is 0 Å². The van der Waals surface area contributed by atoms with E-state index in [0.717, 1.165) is 18.4 Å². The fourth-order valence-electron chi connectivity index (χ4n) is 3.14. The molecule has 2 nitrogen and oxygen atoms in total. The van der Waals surface area contributed by atoms with Crippen LogP contribution in [0.25, 0.3) is 0 Å². The Morgan fingerprint density at radius 2 is 1.88 bits per heavy atom. The van der Waals surface area contributed by atoms with Gasteiger partial charge in [0.05, 0.1) is 5.41 Å². The molecule has 0 fully saturated rings. The van der Waals surface area contributed by atoms with Gasteiger partial charge in [0.2, 0.25) is 5.91 Å². The zero-order valence-electron chi connectivity index (χ0n) is 10.2. The topological polar surface area (TPSA) is 43.1 Å². The average Bonchev–Trinajstić information content (AvgIpc) is 2.49. The fourth-order valence-corrected chi connectivity index (χ4v) is 3.14. The van der Waals surface area contributed by atoms with Gasteiger partial charge in [-0.25, -0.2) is 0 Å². The molecule has 0 heterocycles. The lowest BCUT2D eigenvalue weighted by atomic mass is 9.76. The number of carbonyl (C=O) groups excluding carboxylic acids is 1. The van der Waals surface area contributed by atoms with E-state index in [-0.39, 0.29) is 11.3 Å². The molecule has 0 unspecified atom stereocenters. The molecule has 86 valence electrons. The lowest BCUT2D eigenvalue weighted by Gasteiger charge is -2.27. The summed E-state index contributed by atoms with van der Waals surface area (Å²) in [6.07, 6.45) is 1.61. The van der Waals surface area contributed by atoms with Crippen molar-refractivity contribution < 1.29 is 4.79 Å². The normalized spacial score (nSPS) is 26.4. The molecule has 2 N–H and O–H groups in total. The summed E-state index contributed by atoms with van der Waals surface area (Å²) < 4.78 is 0. The number of fused-ring (bicyclic) bond motifs is 1. The molecule has 0 radical (unpaired) electrons. The van der Waals surface area contributed by atoms with Crippen molar-refractivity contribution in [2.24, 2.45) is 5.73 Å². The SMILES string of the molecule is CC[C@]1(C(N)=O)CC(C)(C)c2ccccc21. The molecular formula is C14H19NO. The molecule has 2 rings (SSSR count). The van der Waals surface area contributed by atoms with Gasteiger partial charge in [0.15, 0.2) is 0 Å². The third-order valence-electron chi connectivity index (χ3n) is 3.99. The van der Waals surface area contributed by atoms with Crippen LogP contribution in [0.1, 0.15) is 44.7 Å². The fraction of sp³-hybridized carbons (Fsp3) is 0.500. The number of carbonyl (C=O) groups is 1. The monoisotopic (exact) mass is 217 g/mol. The number of hydrogen-bond donors (Lipinski definition) is 1. The molecule has 1 aromatic carbocycles. The van der Waals surface area contributed by atoms with Crippen LogP contribution in [0.2, 0.25) is 0 Å². The third kappa shape index (κ3) is 1.29. The first-order valence-electron chi connectivity index (χ1n) is 5.84. The number of rotatable bonds is 2. The maximum absolute atomic E-state index is 11.8. The number of primary amides is 1. The second kappa shape index (κ2) is 3.34. The van der Waals surface area contributed by atoms with Crippen LogP contribution in [0.15, 0.2) is 24.3 Å². The molecule has 0 spiro atoms. The minimum atomic E-state index is -0.458. The Labute approximate surface area is 96.8 Å². The summed E-state index contributed by atoms with van der Waals surface area (Å²) in [4.78, 5) is 11.8. The third-order valence-corrected chi connectivity index (χ3v) is 3.99. The van der Waals surface area contributed by atoms with Gasteiger partial charge in [0.1, 0.15) is 0 Å². The Hall–Kier alpha value is -1.31. The molecular weight excluding hydrogens is 198 g/mol. The van der Waals surface area contributed by atoms with Crippen LogP contribution in [0, 0.1) is 0 Å². The molecule has 1 atom stereocenters. The van der Waals surface area contributed by atoms with Gasteiger partial charge in [0.25, 0.3) is 0 Å². The molecule has 1 amide bonds. The van der Waals surface area contributed by atoms with E-state index in [1.165, 1.54) is 5.56 Å². The largest absolute Gasteiger partial charge is 0.369 e. The molecule has 1 aliphatic carbocycles. The second-order valence-electron chi connectivity index (χ2n) is 5.41. The maximum atomic E-state index is 11.8. The highest BCUT2D eigenvalue weighted by Crippen LogP contribution is 2.50. The van der Waals surface area contributed by atoms with E-state index in [0.29, 0.717) is 0 Å². The average molecular weight is 217 g/mol. The van der Waals surface area contributed by atoms with Crippen LogP contribution in [-0.2, 0) is 15.6 Å². The summed E-state index contributed by atoms with van der Waals surface area (Å²) in [7, 11) is 0. The van der Waals surface area contributed by atoms with Crippen molar-refractivity contribution in [3.8, 4) is 0 Å². The van der Waals surface area contributed by atoms with E-state index in [4.69, 9.17) is 5.73 Å². The molecule has 0 bridgehead atoms. The van der Waals surface area contributed by atoms with E-state index >= 15 is 0 Å². The summed E-state index contributed by atoms with van der Waals surface area (Å²) >= 11 is 0. The molecule has 0 saturated carbocycles. The first-order valence-corrected chi connectivity index (χ1v) is 5.84. The molecule has 1 aromatic rings. The molecule has 1 aliphatic rings. The molecule has 0 aromatic heterocycles. The van der Waals surface area contributed by atoms with E-state index < -0.39 is 5.41 Å². The van der Waals surface area contributed by atoms with Gasteiger partial charge in [-0.3, -0.25) is 4.79 Å². The van der Waals surface area contributed by atoms with Crippen LogP contribution in [0.3, 0.4) is 0 Å². The van der Waals surface area contributed by atoms with Crippen LogP contribution in [0.5, 0.6) is 0 Å². The molecule has 0 saturated heterocycles. The van der Waals surface area contributed by atoms with Gasteiger partial charge in [-0.15, -0.1) is 0 Å². The van der Waals surface area contributed by atoms with E-state index in [2.05, 4.69) is 26.0 Å². The second-order valence-corrected chi connectivity index (χ2v) is 5.41. The number of benzene rings is 1. The van der Waals surface area contributed by atoms with Crippen molar-refractivity contribution >= 4 is 5.91 Å². The lowest BCUT2D eigenvalue weighted by molar-refractivity contribution is -0.124. The molecule has 16 heavy (non-hydrogen) atoms. The van der Waals surface area contributed by atoms with Crippen LogP contribution >= 0.6 is 0 Å². The van der Waals surface area contributed by atoms with Gasteiger partial charge in [-0.1, -0.05) is 45.0 Å². The Morgan fingerprint density at radius 1 is 1.31 bits per heavy atom. The van der Waals surface area contributed by atoms with Crippen molar-refractivity contribution in [3.05, 3.63) is 35.4 Å². The number of hydrogen-bond acceptors (Lipinski definition) is 1. The van der Waals surface area contributed by atoms with Crippen LogP contribution in [-0.4, -0.2) is 5.91 Å². The Bertz CT molecular complexity index is 436. The summed E-state index contributed by atoms with van der Waals surface area (Å²) in [5.41, 5.74) is 7.63. The minimum Gasteiger partial charge on any atom is -0.369 e. The lowest BCUT2D eigenvalue weighted by Crippen LogP contribution is -2.40. The van der Waals surface area contributed by atoms with Crippen molar-refractivity contribution in [1.82, 2.24) is 0 Å². The quantitative estimate of drug-likeness (QED) is 0.812. The summed E-state index contributed by atoms with van der Waals surface area (Å²) in [6, 6.07) is 8.20. The van der Waals surface area contributed by atoms with Gasteiger partial charge < -0.3 is 5.73 Å². The number of amides is 1. The zero-order chi connectivity index (χ0) is 12.0. The highest BCUT2D eigenvalue weighted by Gasteiger charge is 2.50. The smallest absolute Gasteiger partial charge is 0.228 e. The first-order chi connectivity index (χ1) is 7.44. The molecule has 0 aliphatic heterocycles. The van der Waals surface area contributed by atoms with E-state index in [9.17, 15) is 4.79 Å².